The van der Waals surface area contributed by atoms with Gasteiger partial charge in [0, 0.05) is 77.4 Å². The molecule has 2 heterocycles. The van der Waals surface area contributed by atoms with Crippen molar-refractivity contribution in [2.24, 2.45) is 10.9 Å². The summed E-state index contributed by atoms with van der Waals surface area (Å²) >= 11 is 2.25. The van der Waals surface area contributed by atoms with Gasteiger partial charge in [-0.05, 0) is 70.2 Å². The molecule has 1 aromatic rings. The highest BCUT2D eigenvalue weighted by Gasteiger charge is 2.26. The lowest BCUT2D eigenvalue weighted by atomic mass is 9.91. The van der Waals surface area contributed by atoms with Crippen LogP contribution in [0, 0.1) is 19.8 Å². The first-order chi connectivity index (χ1) is 14.0. The van der Waals surface area contributed by atoms with Crippen molar-refractivity contribution in [1.29, 1.82) is 0 Å². The highest BCUT2D eigenvalue weighted by atomic mass is 127. The quantitative estimate of drug-likeness (QED) is 0.236. The minimum Gasteiger partial charge on any atom is -0.386 e. The zero-order valence-corrected chi connectivity index (χ0v) is 20.8. The molecule has 162 valence electrons. The zero-order valence-electron chi connectivity index (χ0n) is 18.6. The van der Waals surface area contributed by atoms with E-state index in [0.29, 0.717) is 24.0 Å². The third-order valence-electron chi connectivity index (χ3n) is 5.73. The number of aromatic nitrogens is 1. The first kappa shape index (κ1) is 24.3. The fourth-order valence-corrected chi connectivity index (χ4v) is 4.74. The van der Waals surface area contributed by atoms with Crippen molar-refractivity contribution in [3.63, 3.8) is 0 Å². The minimum atomic E-state index is 0.341. The molecule has 0 aliphatic carbocycles. The Balaban J connectivity index is 1.95. The van der Waals surface area contributed by atoms with Gasteiger partial charge in [-0.1, -0.05) is 19.8 Å². The zero-order chi connectivity index (χ0) is 21.2. The summed E-state index contributed by atoms with van der Waals surface area (Å²) in [5.74, 6) is 0.652. The standard InChI is InChI=1S/C23H38IN5/c1-6-7-8-19(11-20-9-16(2)28-17(3)10-20)13-26-18(4)22-12-23(29-24)21(14-25-5)15-27-22/h9-10,14-15,18-19,22-23,26-27,29H,6-8,11-13H2,1-5H3/t18?,19-,22?,23?/m1/s1. The number of halogens is 1. The van der Waals surface area contributed by atoms with Gasteiger partial charge in [0.1, 0.15) is 0 Å². The van der Waals surface area contributed by atoms with Crippen LogP contribution in [-0.2, 0) is 6.42 Å². The van der Waals surface area contributed by atoms with Gasteiger partial charge in [-0.2, -0.15) is 0 Å². The fraction of sp³-hybridized carbons (Fsp3) is 0.652. The molecule has 0 aromatic carbocycles. The van der Waals surface area contributed by atoms with Gasteiger partial charge in [0.15, 0.2) is 0 Å². The molecule has 6 heteroatoms. The summed E-state index contributed by atoms with van der Waals surface area (Å²) in [6.45, 7) is 9.81. The van der Waals surface area contributed by atoms with Crippen LogP contribution in [0.4, 0.5) is 0 Å². The Labute approximate surface area is 191 Å². The molecule has 0 amide bonds. The summed E-state index contributed by atoms with van der Waals surface area (Å²) in [7, 11) is 1.82. The van der Waals surface area contributed by atoms with Crippen molar-refractivity contribution in [3.8, 4) is 0 Å². The summed E-state index contributed by atoms with van der Waals surface area (Å²) in [6, 6.07) is 5.65. The number of pyridine rings is 1. The van der Waals surface area contributed by atoms with E-state index in [1.807, 2.05) is 13.3 Å². The van der Waals surface area contributed by atoms with E-state index in [1.54, 1.807) is 0 Å². The van der Waals surface area contributed by atoms with Crippen LogP contribution in [0.5, 0.6) is 0 Å². The summed E-state index contributed by atoms with van der Waals surface area (Å²) in [6.07, 6.45) is 10.0. The molecule has 29 heavy (non-hydrogen) atoms. The van der Waals surface area contributed by atoms with E-state index in [4.69, 9.17) is 0 Å². The van der Waals surface area contributed by atoms with E-state index >= 15 is 0 Å². The SMILES string of the molecule is CCCC[C@@H](CNC(C)C1CC(NI)C(C=NC)=CN1)Cc1cc(C)nc(C)c1. The van der Waals surface area contributed by atoms with Crippen molar-refractivity contribution in [3.05, 3.63) is 40.9 Å². The van der Waals surface area contributed by atoms with Crippen LogP contribution in [0.2, 0.25) is 0 Å². The molecule has 4 atom stereocenters. The van der Waals surface area contributed by atoms with Gasteiger partial charge >= 0.3 is 0 Å². The molecule has 5 nitrogen and oxygen atoms in total. The van der Waals surface area contributed by atoms with Gasteiger partial charge in [0.25, 0.3) is 0 Å². The van der Waals surface area contributed by atoms with Crippen LogP contribution in [0.15, 0.2) is 28.9 Å². The molecular weight excluding hydrogens is 473 g/mol. The van der Waals surface area contributed by atoms with Crippen molar-refractivity contribution in [1.82, 2.24) is 19.1 Å². The van der Waals surface area contributed by atoms with Crippen LogP contribution in [-0.4, -0.2) is 42.9 Å². The van der Waals surface area contributed by atoms with E-state index < -0.39 is 0 Å². The molecule has 1 aromatic heterocycles. The summed E-state index contributed by atoms with van der Waals surface area (Å²) in [5.41, 5.74) is 4.88. The molecule has 3 unspecified atom stereocenters. The van der Waals surface area contributed by atoms with Gasteiger partial charge in [-0.25, -0.2) is 0 Å². The van der Waals surface area contributed by atoms with Crippen LogP contribution >= 0.6 is 22.9 Å². The maximum absolute atomic E-state index is 4.53. The Kier molecular flexibility index (Phi) is 10.6. The van der Waals surface area contributed by atoms with Crippen LogP contribution in [0.3, 0.4) is 0 Å². The summed E-state index contributed by atoms with van der Waals surface area (Å²) in [5, 5.41) is 7.41. The average Bonchev–Trinajstić information content (AvgIpc) is 2.69. The van der Waals surface area contributed by atoms with Gasteiger partial charge in [-0.15, -0.1) is 0 Å². The third-order valence-corrected chi connectivity index (χ3v) is 6.48. The molecule has 2 rings (SSSR count). The predicted molar refractivity (Wildman–Crippen MR) is 133 cm³/mol. The number of hydrogen-bond donors (Lipinski definition) is 3. The Bertz CT molecular complexity index is 668. The predicted octanol–water partition coefficient (Wildman–Crippen LogP) is 4.28. The average molecular weight is 511 g/mol. The highest BCUT2D eigenvalue weighted by molar-refractivity contribution is 14.1. The lowest BCUT2D eigenvalue weighted by molar-refractivity contribution is 0.336. The van der Waals surface area contributed by atoms with Gasteiger partial charge < -0.3 is 10.6 Å². The Morgan fingerprint density at radius 3 is 2.69 bits per heavy atom. The first-order valence-corrected chi connectivity index (χ1v) is 12.0. The minimum absolute atomic E-state index is 0.341. The Hall–Kier alpha value is -0.990. The molecule has 3 N–H and O–H groups in total. The van der Waals surface area contributed by atoms with E-state index in [-0.39, 0.29) is 0 Å². The second-order valence-corrected chi connectivity index (χ2v) is 8.99. The van der Waals surface area contributed by atoms with Crippen molar-refractivity contribution < 1.29 is 0 Å². The number of aryl methyl sites for hydroxylation is 2. The van der Waals surface area contributed by atoms with Crippen molar-refractivity contribution in [2.45, 2.75) is 77.9 Å². The molecule has 0 bridgehead atoms. The molecule has 0 saturated carbocycles. The second kappa shape index (κ2) is 12.6. The summed E-state index contributed by atoms with van der Waals surface area (Å²) < 4.78 is 3.40. The van der Waals surface area contributed by atoms with E-state index in [1.165, 1.54) is 30.4 Å². The van der Waals surface area contributed by atoms with E-state index in [2.05, 4.69) is 93.0 Å². The molecular formula is C23H38IN5. The van der Waals surface area contributed by atoms with Crippen molar-refractivity contribution in [2.75, 3.05) is 13.6 Å². The number of aliphatic imine (C=N–C) groups is 1. The Morgan fingerprint density at radius 1 is 1.34 bits per heavy atom. The third kappa shape index (κ3) is 7.98. The largest absolute Gasteiger partial charge is 0.386 e. The van der Waals surface area contributed by atoms with E-state index in [0.717, 1.165) is 30.8 Å². The van der Waals surface area contributed by atoms with Crippen LogP contribution < -0.4 is 14.2 Å². The van der Waals surface area contributed by atoms with Gasteiger partial charge in [0.2, 0.25) is 0 Å². The fourth-order valence-electron chi connectivity index (χ4n) is 4.13. The van der Waals surface area contributed by atoms with Crippen LogP contribution in [0.25, 0.3) is 0 Å². The van der Waals surface area contributed by atoms with Gasteiger partial charge in [-0.3, -0.25) is 13.5 Å². The maximum Gasteiger partial charge on any atom is 0.0462 e. The lowest BCUT2D eigenvalue weighted by Gasteiger charge is -2.34. The van der Waals surface area contributed by atoms with E-state index in [9.17, 15) is 0 Å². The molecule has 0 spiro atoms. The second-order valence-electron chi connectivity index (χ2n) is 8.37. The maximum atomic E-state index is 4.53. The molecule has 0 saturated heterocycles. The smallest absolute Gasteiger partial charge is 0.0462 e. The van der Waals surface area contributed by atoms with Crippen molar-refractivity contribution >= 4 is 29.1 Å². The number of hydrogen-bond acceptors (Lipinski definition) is 5. The number of nitrogens with zero attached hydrogens (tertiary/aromatic N) is 2. The molecule has 1 aliphatic rings. The topological polar surface area (TPSA) is 61.3 Å². The normalized spacial score (nSPS) is 21.7. The van der Waals surface area contributed by atoms with Crippen LogP contribution in [0.1, 0.15) is 56.5 Å². The number of nitrogens with one attached hydrogen (secondary N) is 3. The summed E-state index contributed by atoms with van der Waals surface area (Å²) in [4.78, 5) is 8.70. The number of unbranched alkanes of at least 4 members (excludes halogenated alkanes) is 1. The van der Waals surface area contributed by atoms with Gasteiger partial charge in [0.05, 0.1) is 0 Å². The monoisotopic (exact) mass is 511 g/mol. The molecule has 0 radical (unpaired) electrons. The molecule has 0 fully saturated rings. The highest BCUT2D eigenvalue weighted by Crippen LogP contribution is 2.19. The molecule has 1 aliphatic heterocycles. The Morgan fingerprint density at radius 2 is 2.07 bits per heavy atom. The number of rotatable bonds is 11. The first-order valence-electron chi connectivity index (χ1n) is 10.9. The lowest BCUT2D eigenvalue weighted by Crippen LogP contribution is -2.51.